The molecular weight excluding hydrogens is 292 g/mol. The van der Waals surface area contributed by atoms with E-state index in [-0.39, 0.29) is 16.1 Å². The SMILES string of the molecule is CC(C)c1nc(NC(=O)c2ccccc2N)sc1[N+](=O)[O-]. The van der Waals surface area contributed by atoms with Crippen LogP contribution in [0, 0.1) is 10.1 Å². The maximum absolute atomic E-state index is 12.1. The highest BCUT2D eigenvalue weighted by atomic mass is 32.1. The zero-order valence-corrected chi connectivity index (χ0v) is 12.3. The number of nitrogens with one attached hydrogen (secondary N) is 1. The van der Waals surface area contributed by atoms with Crippen LogP contribution in [0.2, 0.25) is 0 Å². The lowest BCUT2D eigenvalue weighted by Crippen LogP contribution is -2.13. The van der Waals surface area contributed by atoms with Gasteiger partial charge in [-0.25, -0.2) is 4.98 Å². The summed E-state index contributed by atoms with van der Waals surface area (Å²) in [4.78, 5) is 26.7. The van der Waals surface area contributed by atoms with Crippen LogP contribution in [-0.4, -0.2) is 15.8 Å². The van der Waals surface area contributed by atoms with Gasteiger partial charge in [0.2, 0.25) is 0 Å². The van der Waals surface area contributed by atoms with Crippen molar-refractivity contribution in [3.8, 4) is 0 Å². The van der Waals surface area contributed by atoms with E-state index in [9.17, 15) is 14.9 Å². The van der Waals surface area contributed by atoms with Crippen molar-refractivity contribution in [2.45, 2.75) is 19.8 Å². The third kappa shape index (κ3) is 3.16. The first-order chi connectivity index (χ1) is 9.90. The molecule has 0 atom stereocenters. The van der Waals surface area contributed by atoms with E-state index in [1.54, 1.807) is 24.3 Å². The van der Waals surface area contributed by atoms with E-state index in [1.165, 1.54) is 0 Å². The van der Waals surface area contributed by atoms with Gasteiger partial charge in [-0.15, -0.1) is 0 Å². The molecule has 1 heterocycles. The summed E-state index contributed by atoms with van der Waals surface area (Å²) in [6, 6.07) is 6.60. The van der Waals surface area contributed by atoms with Gasteiger partial charge in [0.25, 0.3) is 5.91 Å². The van der Waals surface area contributed by atoms with Gasteiger partial charge >= 0.3 is 5.00 Å². The number of thiazole rings is 1. The van der Waals surface area contributed by atoms with Crippen LogP contribution < -0.4 is 11.1 Å². The Bertz CT molecular complexity index is 696. The van der Waals surface area contributed by atoms with Crippen molar-refractivity contribution >= 4 is 33.1 Å². The molecular formula is C13H14N4O3S. The molecule has 1 aromatic heterocycles. The quantitative estimate of drug-likeness (QED) is 0.512. The Hall–Kier alpha value is -2.48. The van der Waals surface area contributed by atoms with E-state index in [2.05, 4.69) is 10.3 Å². The second-order valence-electron chi connectivity index (χ2n) is 4.66. The number of rotatable bonds is 4. The second-order valence-corrected chi connectivity index (χ2v) is 5.64. The number of hydrogen-bond donors (Lipinski definition) is 2. The van der Waals surface area contributed by atoms with Crippen molar-refractivity contribution in [3.63, 3.8) is 0 Å². The lowest BCUT2D eigenvalue weighted by molar-refractivity contribution is -0.381. The molecule has 0 spiro atoms. The maximum Gasteiger partial charge on any atom is 0.349 e. The van der Waals surface area contributed by atoms with Crippen molar-refractivity contribution in [1.29, 1.82) is 0 Å². The topological polar surface area (TPSA) is 111 Å². The molecule has 1 amide bonds. The predicted molar refractivity (Wildman–Crippen MR) is 81.7 cm³/mol. The lowest BCUT2D eigenvalue weighted by Gasteiger charge is -2.04. The smallest absolute Gasteiger partial charge is 0.349 e. The van der Waals surface area contributed by atoms with Gasteiger partial charge < -0.3 is 5.73 Å². The van der Waals surface area contributed by atoms with Crippen LogP contribution in [0.4, 0.5) is 15.8 Å². The van der Waals surface area contributed by atoms with Gasteiger partial charge in [0, 0.05) is 11.6 Å². The molecule has 0 aliphatic rings. The van der Waals surface area contributed by atoms with Crippen molar-refractivity contribution in [1.82, 2.24) is 4.98 Å². The molecule has 0 radical (unpaired) electrons. The zero-order chi connectivity index (χ0) is 15.6. The summed E-state index contributed by atoms with van der Waals surface area (Å²) in [6.45, 7) is 3.62. The molecule has 21 heavy (non-hydrogen) atoms. The first-order valence-corrected chi connectivity index (χ1v) is 7.02. The number of hydrogen-bond acceptors (Lipinski definition) is 6. The third-order valence-corrected chi connectivity index (χ3v) is 3.71. The molecule has 0 aliphatic carbocycles. The maximum atomic E-state index is 12.1. The molecule has 8 heteroatoms. The molecule has 0 saturated carbocycles. The van der Waals surface area contributed by atoms with Crippen molar-refractivity contribution in [2.24, 2.45) is 0 Å². The van der Waals surface area contributed by atoms with Crippen LogP contribution in [-0.2, 0) is 0 Å². The highest BCUT2D eigenvalue weighted by Crippen LogP contribution is 2.35. The number of nitrogens with two attached hydrogens (primary N) is 1. The molecule has 0 unspecified atom stereocenters. The normalized spacial score (nSPS) is 10.6. The van der Waals surface area contributed by atoms with Gasteiger partial charge in [-0.3, -0.25) is 20.2 Å². The summed E-state index contributed by atoms with van der Waals surface area (Å²) in [5.41, 5.74) is 6.73. The number of anilines is 2. The molecule has 0 bridgehead atoms. The van der Waals surface area contributed by atoms with Crippen LogP contribution in [0.15, 0.2) is 24.3 Å². The molecule has 1 aromatic carbocycles. The Morgan fingerprint density at radius 2 is 2.10 bits per heavy atom. The second kappa shape index (κ2) is 5.88. The number of nitro groups is 1. The molecule has 0 aliphatic heterocycles. The van der Waals surface area contributed by atoms with Crippen LogP contribution in [0.1, 0.15) is 35.8 Å². The molecule has 7 nitrogen and oxygen atoms in total. The Morgan fingerprint density at radius 1 is 1.43 bits per heavy atom. The number of carbonyl (C=O) groups is 1. The van der Waals surface area contributed by atoms with E-state index in [0.717, 1.165) is 11.3 Å². The summed E-state index contributed by atoms with van der Waals surface area (Å²) in [5, 5.41) is 13.7. The monoisotopic (exact) mass is 306 g/mol. The van der Waals surface area contributed by atoms with Crippen molar-refractivity contribution in [3.05, 3.63) is 45.6 Å². The van der Waals surface area contributed by atoms with E-state index in [0.29, 0.717) is 16.9 Å². The van der Waals surface area contributed by atoms with Gasteiger partial charge in [0.05, 0.1) is 10.5 Å². The molecule has 0 fully saturated rings. The molecule has 3 N–H and O–H groups in total. The summed E-state index contributed by atoms with van der Waals surface area (Å²) in [7, 11) is 0. The number of amides is 1. The minimum absolute atomic E-state index is 0.0543. The number of benzene rings is 1. The fourth-order valence-electron chi connectivity index (χ4n) is 1.75. The molecule has 110 valence electrons. The van der Waals surface area contributed by atoms with Crippen LogP contribution in [0.3, 0.4) is 0 Å². The largest absolute Gasteiger partial charge is 0.398 e. The Morgan fingerprint density at radius 3 is 2.62 bits per heavy atom. The summed E-state index contributed by atoms with van der Waals surface area (Å²) >= 11 is 0.842. The van der Waals surface area contributed by atoms with Gasteiger partial charge in [-0.1, -0.05) is 26.0 Å². The predicted octanol–water partition coefficient (Wildman–Crippen LogP) is 3.01. The Kier molecular flexibility index (Phi) is 4.18. The number of carbonyl (C=O) groups excluding carboxylic acids is 1. The number of para-hydroxylation sites is 1. The highest BCUT2D eigenvalue weighted by Gasteiger charge is 2.24. The van der Waals surface area contributed by atoms with Gasteiger partial charge in [0.1, 0.15) is 5.69 Å². The van der Waals surface area contributed by atoms with E-state index in [4.69, 9.17) is 5.73 Å². The zero-order valence-electron chi connectivity index (χ0n) is 11.5. The van der Waals surface area contributed by atoms with E-state index >= 15 is 0 Å². The van der Waals surface area contributed by atoms with Crippen molar-refractivity contribution < 1.29 is 9.72 Å². The highest BCUT2D eigenvalue weighted by molar-refractivity contribution is 7.19. The van der Waals surface area contributed by atoms with E-state index < -0.39 is 10.8 Å². The Labute approximate surface area is 125 Å². The van der Waals surface area contributed by atoms with Gasteiger partial charge in [0.15, 0.2) is 5.13 Å². The van der Waals surface area contributed by atoms with Crippen molar-refractivity contribution in [2.75, 3.05) is 11.1 Å². The first-order valence-electron chi connectivity index (χ1n) is 6.21. The molecule has 0 saturated heterocycles. The Balaban J connectivity index is 2.28. The third-order valence-electron chi connectivity index (χ3n) is 2.77. The minimum atomic E-state index is -0.487. The fraction of sp³-hybridized carbons (Fsp3) is 0.231. The fourth-order valence-corrected chi connectivity index (χ4v) is 2.68. The van der Waals surface area contributed by atoms with Gasteiger partial charge in [-0.2, -0.15) is 0 Å². The summed E-state index contributed by atoms with van der Waals surface area (Å²) < 4.78 is 0. The number of nitrogen functional groups attached to an aromatic ring is 1. The lowest BCUT2D eigenvalue weighted by atomic mass is 10.1. The van der Waals surface area contributed by atoms with Crippen LogP contribution >= 0.6 is 11.3 Å². The van der Waals surface area contributed by atoms with Crippen LogP contribution in [0.5, 0.6) is 0 Å². The average Bonchev–Trinajstić information content (AvgIpc) is 2.83. The molecule has 2 rings (SSSR count). The van der Waals surface area contributed by atoms with Crippen LogP contribution in [0.25, 0.3) is 0 Å². The van der Waals surface area contributed by atoms with Gasteiger partial charge in [-0.05, 0) is 23.5 Å². The molecule has 2 aromatic rings. The number of aromatic nitrogens is 1. The minimum Gasteiger partial charge on any atom is -0.398 e. The number of nitrogens with zero attached hydrogens (tertiary/aromatic N) is 2. The van der Waals surface area contributed by atoms with E-state index in [1.807, 2.05) is 13.8 Å². The first kappa shape index (κ1) is 14.9. The average molecular weight is 306 g/mol. The standard InChI is InChI=1S/C13H14N4O3S/c1-7(2)10-12(17(19)20)21-13(15-10)16-11(18)8-5-3-4-6-9(8)14/h3-7H,14H2,1-2H3,(H,15,16,18). The summed E-state index contributed by atoms with van der Waals surface area (Å²) in [5.74, 6) is -0.541. The summed E-state index contributed by atoms with van der Waals surface area (Å²) in [6.07, 6.45) is 0.